The largest absolute Gasteiger partial charge is 0.396 e. The van der Waals surface area contributed by atoms with Crippen LogP contribution in [0.4, 0.5) is 0 Å². The van der Waals surface area contributed by atoms with Crippen LogP contribution in [0.3, 0.4) is 0 Å². The summed E-state index contributed by atoms with van der Waals surface area (Å²) in [6, 6.07) is 7.81. The summed E-state index contributed by atoms with van der Waals surface area (Å²) in [5.74, 6) is 0.101. The summed E-state index contributed by atoms with van der Waals surface area (Å²) in [7, 11) is 0. The molecule has 1 saturated carbocycles. The van der Waals surface area contributed by atoms with Crippen molar-refractivity contribution in [3.8, 4) is 0 Å². The maximum Gasteiger partial charge on any atom is 0.165 e. The molecule has 0 atom stereocenters. The van der Waals surface area contributed by atoms with Gasteiger partial charge in [-0.3, -0.25) is 9.69 Å². The third-order valence-electron chi connectivity index (χ3n) is 3.99. The molecule has 0 spiro atoms. The number of carbonyl (C=O) groups excluding carboxylic acids is 1. The van der Waals surface area contributed by atoms with Crippen LogP contribution in [-0.2, 0) is 0 Å². The van der Waals surface area contributed by atoms with Crippen LogP contribution in [0.1, 0.15) is 42.5 Å². The summed E-state index contributed by atoms with van der Waals surface area (Å²) in [5, 5.41) is 9.50. The molecule has 1 aliphatic carbocycles. The Morgan fingerprint density at radius 1 is 1.30 bits per heavy atom. The van der Waals surface area contributed by atoms with E-state index in [1.54, 1.807) is 12.1 Å². The number of nitrogens with zero attached hydrogens (tertiary/aromatic N) is 1. The quantitative estimate of drug-likeness (QED) is 0.749. The molecule has 20 heavy (non-hydrogen) atoms. The van der Waals surface area contributed by atoms with Crippen molar-refractivity contribution in [2.24, 2.45) is 0 Å². The van der Waals surface area contributed by atoms with Crippen LogP contribution in [0, 0.1) is 0 Å². The number of ketones is 1. The fourth-order valence-electron chi connectivity index (χ4n) is 2.57. The van der Waals surface area contributed by atoms with Crippen molar-refractivity contribution in [3.05, 3.63) is 34.9 Å². The zero-order valence-electron chi connectivity index (χ0n) is 11.7. The predicted molar refractivity (Wildman–Crippen MR) is 81.3 cm³/mol. The summed E-state index contributed by atoms with van der Waals surface area (Å²) < 4.78 is 0. The molecule has 0 aromatic heterocycles. The minimum absolute atomic E-state index is 0.101. The monoisotopic (exact) mass is 295 g/mol. The van der Waals surface area contributed by atoms with Gasteiger partial charge in [0.1, 0.15) is 0 Å². The molecule has 1 aromatic carbocycles. The Kier molecular flexibility index (Phi) is 6.02. The number of hydrogen-bond donors (Lipinski definition) is 1. The van der Waals surface area contributed by atoms with Gasteiger partial charge >= 0.3 is 0 Å². The average Bonchev–Trinajstić information content (AvgIpc) is 2.39. The maximum atomic E-state index is 12.2. The number of aliphatic hydroxyl groups is 1. The standard InChI is InChI=1S/C16H22ClNO2/c17-15-8-2-1-7-14(15)16(20)9-11-18(10-4-12-19)13-5-3-6-13/h1-2,7-8,13,19H,3-6,9-12H2. The number of benzene rings is 1. The molecular weight excluding hydrogens is 274 g/mol. The van der Waals surface area contributed by atoms with Crippen molar-refractivity contribution in [3.63, 3.8) is 0 Å². The zero-order chi connectivity index (χ0) is 14.4. The molecule has 1 fully saturated rings. The number of hydrogen-bond acceptors (Lipinski definition) is 3. The lowest BCUT2D eigenvalue weighted by molar-refractivity contribution is 0.0887. The van der Waals surface area contributed by atoms with Gasteiger partial charge < -0.3 is 5.11 Å². The lowest BCUT2D eigenvalue weighted by Crippen LogP contribution is -2.42. The number of rotatable bonds is 8. The SMILES string of the molecule is O=C(CCN(CCCO)C1CCC1)c1ccccc1Cl. The van der Waals surface area contributed by atoms with Crippen LogP contribution in [-0.4, -0.2) is 41.5 Å². The molecule has 3 nitrogen and oxygen atoms in total. The highest BCUT2D eigenvalue weighted by Gasteiger charge is 2.25. The fraction of sp³-hybridized carbons (Fsp3) is 0.562. The summed E-state index contributed by atoms with van der Waals surface area (Å²) in [6.07, 6.45) is 4.97. The van der Waals surface area contributed by atoms with Crippen molar-refractivity contribution in [1.82, 2.24) is 4.90 Å². The molecule has 0 amide bonds. The Morgan fingerprint density at radius 2 is 2.05 bits per heavy atom. The van der Waals surface area contributed by atoms with Gasteiger partial charge in [-0.2, -0.15) is 0 Å². The van der Waals surface area contributed by atoms with E-state index in [-0.39, 0.29) is 12.4 Å². The van der Waals surface area contributed by atoms with E-state index in [0.717, 1.165) is 19.5 Å². The number of halogens is 1. The van der Waals surface area contributed by atoms with E-state index in [0.29, 0.717) is 23.0 Å². The Labute approximate surface area is 125 Å². The second kappa shape index (κ2) is 7.77. The van der Waals surface area contributed by atoms with E-state index in [1.165, 1.54) is 19.3 Å². The fourth-order valence-corrected chi connectivity index (χ4v) is 2.81. The highest BCUT2D eigenvalue weighted by Crippen LogP contribution is 2.25. The first-order chi connectivity index (χ1) is 9.72. The molecule has 0 unspecified atom stereocenters. The summed E-state index contributed by atoms with van der Waals surface area (Å²) in [5.41, 5.74) is 0.616. The van der Waals surface area contributed by atoms with Gasteiger partial charge in [0.05, 0.1) is 5.02 Å². The first kappa shape index (κ1) is 15.5. The van der Waals surface area contributed by atoms with Crippen LogP contribution in [0.15, 0.2) is 24.3 Å². The molecule has 1 aliphatic rings. The molecule has 110 valence electrons. The first-order valence-corrected chi connectivity index (χ1v) is 7.73. The van der Waals surface area contributed by atoms with Crippen LogP contribution in [0.5, 0.6) is 0 Å². The third kappa shape index (κ3) is 4.05. The van der Waals surface area contributed by atoms with E-state index >= 15 is 0 Å². The number of Topliss-reactive ketones (excluding diaryl/α,β-unsaturated/α-hetero) is 1. The molecule has 0 heterocycles. The van der Waals surface area contributed by atoms with Crippen molar-refractivity contribution in [2.45, 2.75) is 38.1 Å². The Balaban J connectivity index is 1.88. The minimum atomic E-state index is 0.101. The molecule has 0 radical (unpaired) electrons. The van der Waals surface area contributed by atoms with Gasteiger partial charge in [-0.25, -0.2) is 0 Å². The highest BCUT2D eigenvalue weighted by atomic mass is 35.5. The summed E-state index contributed by atoms with van der Waals surface area (Å²) >= 11 is 6.05. The van der Waals surface area contributed by atoms with E-state index in [4.69, 9.17) is 16.7 Å². The number of carbonyl (C=O) groups is 1. The van der Waals surface area contributed by atoms with Crippen LogP contribution in [0.2, 0.25) is 5.02 Å². The van der Waals surface area contributed by atoms with E-state index in [1.807, 2.05) is 12.1 Å². The van der Waals surface area contributed by atoms with Gasteiger partial charge in [-0.05, 0) is 31.4 Å². The van der Waals surface area contributed by atoms with Gasteiger partial charge in [0, 0.05) is 37.7 Å². The minimum Gasteiger partial charge on any atom is -0.396 e. The second-order valence-corrected chi connectivity index (χ2v) is 5.76. The van der Waals surface area contributed by atoms with Crippen molar-refractivity contribution in [1.29, 1.82) is 0 Å². The molecular formula is C16H22ClNO2. The molecule has 2 rings (SSSR count). The Morgan fingerprint density at radius 3 is 2.65 bits per heavy atom. The van der Waals surface area contributed by atoms with Gasteiger partial charge in [0.15, 0.2) is 5.78 Å². The maximum absolute atomic E-state index is 12.2. The number of aliphatic hydroxyl groups excluding tert-OH is 1. The lowest BCUT2D eigenvalue weighted by Gasteiger charge is -2.37. The van der Waals surface area contributed by atoms with Crippen LogP contribution >= 0.6 is 11.6 Å². The van der Waals surface area contributed by atoms with Gasteiger partial charge in [0.2, 0.25) is 0 Å². The predicted octanol–water partition coefficient (Wildman–Crippen LogP) is 3.15. The van der Waals surface area contributed by atoms with E-state index < -0.39 is 0 Å². The van der Waals surface area contributed by atoms with Crippen LogP contribution in [0.25, 0.3) is 0 Å². The molecule has 0 bridgehead atoms. The molecule has 4 heteroatoms. The lowest BCUT2D eigenvalue weighted by atomic mass is 9.91. The van der Waals surface area contributed by atoms with Gasteiger partial charge in [-0.15, -0.1) is 0 Å². The average molecular weight is 296 g/mol. The van der Waals surface area contributed by atoms with Crippen molar-refractivity contribution >= 4 is 17.4 Å². The summed E-state index contributed by atoms with van der Waals surface area (Å²) in [6.45, 7) is 1.84. The van der Waals surface area contributed by atoms with Gasteiger partial charge in [0.25, 0.3) is 0 Å². The van der Waals surface area contributed by atoms with Crippen LogP contribution < -0.4 is 0 Å². The topological polar surface area (TPSA) is 40.5 Å². The third-order valence-corrected chi connectivity index (χ3v) is 4.32. The first-order valence-electron chi connectivity index (χ1n) is 7.35. The zero-order valence-corrected chi connectivity index (χ0v) is 12.5. The van der Waals surface area contributed by atoms with Crippen molar-refractivity contribution < 1.29 is 9.90 Å². The normalized spacial score (nSPS) is 15.3. The Bertz CT molecular complexity index is 446. The Hall–Kier alpha value is -0.900. The molecule has 1 aromatic rings. The molecule has 1 N–H and O–H groups in total. The van der Waals surface area contributed by atoms with Crippen molar-refractivity contribution in [2.75, 3.05) is 19.7 Å². The summed E-state index contributed by atoms with van der Waals surface area (Å²) in [4.78, 5) is 14.6. The smallest absolute Gasteiger partial charge is 0.165 e. The van der Waals surface area contributed by atoms with E-state index in [9.17, 15) is 4.79 Å². The second-order valence-electron chi connectivity index (χ2n) is 5.35. The van der Waals surface area contributed by atoms with Gasteiger partial charge in [-0.1, -0.05) is 30.2 Å². The molecule has 0 saturated heterocycles. The van der Waals surface area contributed by atoms with E-state index in [2.05, 4.69) is 4.90 Å². The molecule has 0 aliphatic heterocycles. The highest BCUT2D eigenvalue weighted by molar-refractivity contribution is 6.33.